The minimum atomic E-state index is -0.999. The van der Waals surface area contributed by atoms with Gasteiger partial charge in [-0.2, -0.15) is 0 Å². The van der Waals surface area contributed by atoms with Gasteiger partial charge in [-0.25, -0.2) is 0 Å². The predicted molar refractivity (Wildman–Crippen MR) is 213 cm³/mol. The summed E-state index contributed by atoms with van der Waals surface area (Å²) in [6.07, 6.45) is 0. The lowest BCUT2D eigenvalue weighted by Gasteiger charge is -2.18. The minimum Gasteiger partial charge on any atom is -0.456 e. The molecule has 10 rings (SSSR count). The summed E-state index contributed by atoms with van der Waals surface area (Å²) in [6.45, 7) is 1.20. The molecule has 0 saturated heterocycles. The fourth-order valence-corrected chi connectivity index (χ4v) is 5.93. The van der Waals surface area contributed by atoms with Crippen molar-refractivity contribution >= 4 is 54.3 Å². The third-order valence-electron chi connectivity index (χ3n) is 8.14. The molecule has 0 aliphatic carbocycles. The van der Waals surface area contributed by atoms with E-state index in [1.807, 2.05) is 0 Å². The van der Waals surface area contributed by atoms with Crippen LogP contribution in [0.1, 0.15) is 45.3 Å². The molecule has 9 aromatic carbocycles. The highest BCUT2D eigenvalue weighted by Crippen LogP contribution is 2.45. The van der Waals surface area contributed by atoms with E-state index in [0.717, 1.165) is 0 Å². The van der Waals surface area contributed by atoms with Crippen molar-refractivity contribution in [3.8, 4) is 44.5 Å². The van der Waals surface area contributed by atoms with Crippen LogP contribution in [0.5, 0.6) is 0 Å². The fraction of sp³-hybridized carbons (Fsp3) is 0.0204. The Bertz CT molecular complexity index is 4460. The first kappa shape index (κ1) is 11.9. The van der Waals surface area contributed by atoms with Crippen LogP contribution in [-0.2, 0) is 0 Å². The molecule has 1 heterocycles. The first-order valence-corrected chi connectivity index (χ1v) is 14.9. The molecule has 0 N–H and O–H groups in total. The van der Waals surface area contributed by atoms with Gasteiger partial charge in [-0.05, 0) is 120 Å². The summed E-state index contributed by atoms with van der Waals surface area (Å²) in [4.78, 5) is 0. The maximum Gasteiger partial charge on any atom is 0.135 e. The quantitative estimate of drug-likeness (QED) is 0.171. The molecule has 1 aromatic heterocycles. The molecule has 0 aliphatic rings. The van der Waals surface area contributed by atoms with Crippen molar-refractivity contribution in [2.75, 3.05) is 0 Å². The summed E-state index contributed by atoms with van der Waals surface area (Å²) >= 11 is 0. The number of hydrogen-bond donors (Lipinski definition) is 0. The predicted octanol–water partition coefficient (Wildman–Crippen LogP) is 14.0. The van der Waals surface area contributed by atoms with Crippen molar-refractivity contribution in [2.45, 2.75) is 6.92 Å². The Morgan fingerprint density at radius 3 is 1.52 bits per heavy atom. The van der Waals surface area contributed by atoms with E-state index in [4.69, 9.17) is 27.7 Å². The third-order valence-corrected chi connectivity index (χ3v) is 8.14. The number of benzene rings is 9. The van der Waals surface area contributed by atoms with Crippen LogP contribution in [0, 0.1) is 6.92 Å². The Hall–Kier alpha value is -6.44. The third kappa shape index (κ3) is 4.55. The first-order chi connectivity index (χ1) is 36.8. The van der Waals surface area contributed by atoms with Gasteiger partial charge in [0.25, 0.3) is 0 Å². The standard InChI is InChI=1S/C49H32O/c1-31-27-37(21-24-39(31)36-20-19-33-13-5-6-14-34(33)28-36)48-40-15-7-9-17-42(40)49(43-18-10-8-16-41(43)48)38-23-26-47-45(30-38)44-29-35(22-25-46(44)50-47)32-11-3-2-4-12-32/h2-30H,1H3/i2D,3D,4D,5D,6D,7D,8D,9D,10D,11D,12D,13D,14D,15D,16D,17D,18D,19D,20D,21D,22D,23D,24D,25D,26D,27D,28D,29D,30D. The van der Waals surface area contributed by atoms with Crippen LogP contribution < -0.4 is 0 Å². The van der Waals surface area contributed by atoms with E-state index in [2.05, 4.69) is 0 Å². The lowest BCUT2D eigenvalue weighted by atomic mass is 9.85. The zero-order valence-corrected chi connectivity index (χ0v) is 25.4. The van der Waals surface area contributed by atoms with Crippen LogP contribution in [0.4, 0.5) is 0 Å². The first-order valence-electron chi connectivity index (χ1n) is 29.4. The van der Waals surface area contributed by atoms with E-state index in [1.165, 1.54) is 6.92 Å². The average Bonchev–Trinajstić information content (AvgIpc) is 4.08. The molecule has 0 saturated carbocycles. The second kappa shape index (κ2) is 11.3. The van der Waals surface area contributed by atoms with Gasteiger partial charge >= 0.3 is 0 Å². The van der Waals surface area contributed by atoms with E-state index in [9.17, 15) is 16.4 Å². The highest BCUT2D eigenvalue weighted by molar-refractivity contribution is 6.22. The van der Waals surface area contributed by atoms with Crippen molar-refractivity contribution in [1.29, 1.82) is 0 Å². The summed E-state index contributed by atoms with van der Waals surface area (Å²) in [5.41, 5.74) is -7.01. The SMILES string of the molecule is [2H]c1c([2H])c([2H])c(-c2c([2H])c([2H])c3oc4c([2H])c([2H])c(-c5c6c([2H])c([2H])c([2H])c([2H])c6c(-c6c([2H])c([2H])c(-c7c([2H])c([2H])c8c([2H])c([2H])c([2H])c([2H])c8c7[2H])c(C)c6[2H])c6c([2H])c([2H])c([2H])c([2H])c56)c([2H])c4c3c2[2H])c([2H])c1[2H]. The molecule has 10 aromatic rings. The molecule has 0 amide bonds. The molecule has 0 spiro atoms. The van der Waals surface area contributed by atoms with E-state index < -0.39 is 274 Å². The Labute approximate surface area is 331 Å². The maximum absolute atomic E-state index is 9.91. The zero-order valence-electron chi connectivity index (χ0n) is 54.4. The minimum absolute atomic E-state index is 0.346. The van der Waals surface area contributed by atoms with E-state index >= 15 is 0 Å². The monoisotopic (exact) mass is 665 g/mol. The van der Waals surface area contributed by atoms with Gasteiger partial charge in [0, 0.05) is 10.8 Å². The molecular formula is C49H32O. The number of fused-ring (bicyclic) bond motifs is 6. The Balaban J connectivity index is 1.42. The molecule has 1 heteroatoms. The van der Waals surface area contributed by atoms with Gasteiger partial charge in [0.05, 0.1) is 39.8 Å². The lowest BCUT2D eigenvalue weighted by molar-refractivity contribution is 0.669. The van der Waals surface area contributed by atoms with Gasteiger partial charge in [-0.1, -0.05) is 145 Å². The largest absolute Gasteiger partial charge is 0.456 e. The number of rotatable bonds is 4. The highest BCUT2D eigenvalue weighted by atomic mass is 16.3. The summed E-state index contributed by atoms with van der Waals surface area (Å²) < 4.78 is 267. The molecule has 234 valence electrons. The van der Waals surface area contributed by atoms with Crippen LogP contribution in [0.3, 0.4) is 0 Å². The molecule has 0 atom stereocenters. The van der Waals surface area contributed by atoms with Crippen LogP contribution in [-0.4, -0.2) is 0 Å². The van der Waals surface area contributed by atoms with Gasteiger partial charge in [-0.15, -0.1) is 0 Å². The highest BCUT2D eigenvalue weighted by Gasteiger charge is 2.19. The topological polar surface area (TPSA) is 13.1 Å². The van der Waals surface area contributed by atoms with Crippen molar-refractivity contribution in [2.24, 2.45) is 0 Å². The van der Waals surface area contributed by atoms with Gasteiger partial charge in [0.15, 0.2) is 0 Å². The van der Waals surface area contributed by atoms with Gasteiger partial charge in [-0.3, -0.25) is 0 Å². The fourth-order valence-electron chi connectivity index (χ4n) is 5.93. The van der Waals surface area contributed by atoms with E-state index in [-0.39, 0.29) is 5.56 Å². The number of furan rings is 1. The van der Waals surface area contributed by atoms with Crippen LogP contribution >= 0.6 is 0 Å². The summed E-state index contributed by atoms with van der Waals surface area (Å²) in [6, 6.07) is -25.6. The molecule has 0 radical (unpaired) electrons. The molecule has 0 fully saturated rings. The van der Waals surface area contributed by atoms with Gasteiger partial charge < -0.3 is 4.42 Å². The van der Waals surface area contributed by atoms with Gasteiger partial charge in [0.2, 0.25) is 0 Å². The van der Waals surface area contributed by atoms with Crippen molar-refractivity contribution < 1.29 is 44.2 Å². The molecular weight excluding hydrogens is 605 g/mol. The Kier molecular flexibility index (Phi) is 2.69. The van der Waals surface area contributed by atoms with E-state index in [1.54, 1.807) is 0 Å². The molecule has 0 unspecified atom stereocenters. The second-order valence-electron chi connectivity index (χ2n) is 11.0. The van der Waals surface area contributed by atoms with Crippen molar-refractivity contribution in [3.63, 3.8) is 0 Å². The summed E-state index contributed by atoms with van der Waals surface area (Å²) in [5, 5.41) is -4.99. The Morgan fingerprint density at radius 2 is 0.860 bits per heavy atom. The van der Waals surface area contributed by atoms with E-state index in [0.29, 0.717) is 0 Å². The molecule has 50 heavy (non-hydrogen) atoms. The smallest absolute Gasteiger partial charge is 0.135 e. The summed E-state index contributed by atoms with van der Waals surface area (Å²) in [7, 11) is 0. The van der Waals surface area contributed by atoms with Crippen LogP contribution in [0.15, 0.2) is 180 Å². The average molecular weight is 666 g/mol. The zero-order chi connectivity index (χ0) is 58.4. The van der Waals surface area contributed by atoms with Gasteiger partial charge in [0.1, 0.15) is 11.2 Å². The lowest BCUT2D eigenvalue weighted by Crippen LogP contribution is -1.92. The summed E-state index contributed by atoms with van der Waals surface area (Å²) in [5.74, 6) is 0. The van der Waals surface area contributed by atoms with Crippen molar-refractivity contribution in [3.05, 3.63) is 181 Å². The van der Waals surface area contributed by atoms with Crippen molar-refractivity contribution in [1.82, 2.24) is 0 Å². The van der Waals surface area contributed by atoms with Crippen LogP contribution in [0.2, 0.25) is 0 Å². The molecule has 0 aliphatic heterocycles. The molecule has 0 bridgehead atoms. The normalized spacial score (nSPS) is 19.8. The second-order valence-corrected chi connectivity index (χ2v) is 11.0. The van der Waals surface area contributed by atoms with Crippen LogP contribution in [0.25, 0.3) is 98.8 Å². The maximum atomic E-state index is 9.91. The number of hydrogen-bond acceptors (Lipinski definition) is 1. The Morgan fingerprint density at radius 1 is 0.360 bits per heavy atom. The molecule has 1 nitrogen and oxygen atoms in total.